The fraction of sp³-hybridized carbons (Fsp3) is 0.625. The topological polar surface area (TPSA) is 42.7 Å². The number of imidazole rings is 1. The average Bonchev–Trinajstić information content (AvgIpc) is 3.14. The van der Waals surface area contributed by atoms with Gasteiger partial charge in [-0.05, 0) is 50.9 Å². The van der Waals surface area contributed by atoms with Crippen molar-refractivity contribution in [2.24, 2.45) is 0 Å². The Hall–Kier alpha value is -1.42. The lowest BCUT2D eigenvalue weighted by Crippen LogP contribution is -2.28. The van der Waals surface area contributed by atoms with Crippen molar-refractivity contribution in [1.29, 1.82) is 0 Å². The van der Waals surface area contributed by atoms with Gasteiger partial charge in [-0.1, -0.05) is 12.8 Å². The highest BCUT2D eigenvalue weighted by atomic mass is 15.2. The summed E-state index contributed by atoms with van der Waals surface area (Å²) in [7, 11) is 0. The molecule has 4 heteroatoms. The second-order valence-corrected chi connectivity index (χ2v) is 6.15. The van der Waals surface area contributed by atoms with Gasteiger partial charge in [-0.25, -0.2) is 9.97 Å². The van der Waals surface area contributed by atoms with Gasteiger partial charge >= 0.3 is 0 Å². The summed E-state index contributed by atoms with van der Waals surface area (Å²) in [5.74, 6) is 1.90. The minimum Gasteiger partial charge on any atom is -0.317 e. The monoisotopic (exact) mass is 270 g/mol. The molecule has 1 aliphatic heterocycles. The molecule has 0 spiro atoms. The SMILES string of the molecule is c1cnc2c(c1)nc(C1CCNCC1)n2C1CCCC1. The van der Waals surface area contributed by atoms with Gasteiger partial charge in [0.2, 0.25) is 0 Å². The van der Waals surface area contributed by atoms with Crippen molar-refractivity contribution in [2.75, 3.05) is 13.1 Å². The zero-order chi connectivity index (χ0) is 13.4. The van der Waals surface area contributed by atoms with Crippen LogP contribution >= 0.6 is 0 Å². The van der Waals surface area contributed by atoms with Gasteiger partial charge in [0.25, 0.3) is 0 Å². The van der Waals surface area contributed by atoms with Gasteiger partial charge in [-0.15, -0.1) is 0 Å². The van der Waals surface area contributed by atoms with Crippen LogP contribution in [0.3, 0.4) is 0 Å². The van der Waals surface area contributed by atoms with E-state index in [4.69, 9.17) is 4.98 Å². The molecule has 2 aliphatic rings. The molecule has 0 aromatic carbocycles. The molecule has 2 aromatic heterocycles. The van der Waals surface area contributed by atoms with E-state index in [2.05, 4.69) is 20.9 Å². The Bertz CT molecular complexity index is 592. The first-order chi connectivity index (χ1) is 9.93. The lowest BCUT2D eigenvalue weighted by Gasteiger charge is -2.25. The van der Waals surface area contributed by atoms with Gasteiger partial charge < -0.3 is 9.88 Å². The maximum absolute atomic E-state index is 4.95. The van der Waals surface area contributed by atoms with E-state index in [9.17, 15) is 0 Å². The Balaban J connectivity index is 1.82. The van der Waals surface area contributed by atoms with Gasteiger partial charge in [0.1, 0.15) is 11.3 Å². The first-order valence-electron chi connectivity index (χ1n) is 7.97. The molecule has 2 aromatic rings. The first kappa shape index (κ1) is 12.3. The number of aromatic nitrogens is 3. The Morgan fingerprint density at radius 2 is 1.90 bits per heavy atom. The van der Waals surface area contributed by atoms with Crippen molar-refractivity contribution in [3.8, 4) is 0 Å². The van der Waals surface area contributed by atoms with Crippen molar-refractivity contribution in [2.45, 2.75) is 50.5 Å². The number of fused-ring (bicyclic) bond motifs is 1. The third kappa shape index (κ3) is 2.03. The molecule has 0 atom stereocenters. The van der Waals surface area contributed by atoms with Crippen LogP contribution in [-0.2, 0) is 0 Å². The Morgan fingerprint density at radius 3 is 2.70 bits per heavy atom. The van der Waals surface area contributed by atoms with Crippen molar-refractivity contribution in [3.63, 3.8) is 0 Å². The molecule has 0 radical (unpaired) electrons. The van der Waals surface area contributed by atoms with E-state index >= 15 is 0 Å². The highest BCUT2D eigenvalue weighted by Gasteiger charge is 2.28. The number of rotatable bonds is 2. The normalized spacial score (nSPS) is 21.8. The molecule has 4 rings (SSSR count). The zero-order valence-electron chi connectivity index (χ0n) is 11.9. The van der Waals surface area contributed by atoms with Crippen LogP contribution in [0, 0.1) is 0 Å². The number of nitrogens with zero attached hydrogens (tertiary/aromatic N) is 3. The van der Waals surface area contributed by atoms with E-state index in [1.165, 1.54) is 44.3 Å². The maximum Gasteiger partial charge on any atom is 0.160 e. The minimum absolute atomic E-state index is 0.603. The third-order valence-electron chi connectivity index (χ3n) is 4.87. The van der Waals surface area contributed by atoms with Gasteiger partial charge in [0.15, 0.2) is 5.65 Å². The molecule has 3 heterocycles. The van der Waals surface area contributed by atoms with Crippen LogP contribution in [0.5, 0.6) is 0 Å². The fourth-order valence-corrected chi connectivity index (χ4v) is 3.84. The molecule has 1 aliphatic carbocycles. The Morgan fingerprint density at radius 1 is 1.10 bits per heavy atom. The molecule has 20 heavy (non-hydrogen) atoms. The zero-order valence-corrected chi connectivity index (χ0v) is 11.9. The summed E-state index contributed by atoms with van der Waals surface area (Å²) in [5.41, 5.74) is 2.18. The predicted octanol–water partition coefficient (Wildman–Crippen LogP) is 3.01. The second-order valence-electron chi connectivity index (χ2n) is 6.15. The average molecular weight is 270 g/mol. The van der Waals surface area contributed by atoms with Crippen LogP contribution in [0.15, 0.2) is 18.3 Å². The van der Waals surface area contributed by atoms with Gasteiger partial charge in [0, 0.05) is 18.2 Å². The lowest BCUT2D eigenvalue weighted by atomic mass is 9.97. The van der Waals surface area contributed by atoms with Crippen LogP contribution < -0.4 is 5.32 Å². The van der Waals surface area contributed by atoms with Crippen molar-refractivity contribution in [3.05, 3.63) is 24.2 Å². The van der Waals surface area contributed by atoms with Crippen LogP contribution in [0.2, 0.25) is 0 Å². The summed E-state index contributed by atoms with van der Waals surface area (Å²) in [6, 6.07) is 4.73. The second kappa shape index (κ2) is 5.17. The van der Waals surface area contributed by atoms with Crippen LogP contribution in [0.4, 0.5) is 0 Å². The van der Waals surface area contributed by atoms with E-state index < -0.39 is 0 Å². The molecular formula is C16H22N4. The molecule has 1 N–H and O–H groups in total. The van der Waals surface area contributed by atoms with Crippen LogP contribution in [0.25, 0.3) is 11.2 Å². The molecular weight excluding hydrogens is 248 g/mol. The number of piperidine rings is 1. The van der Waals surface area contributed by atoms with Crippen molar-refractivity contribution >= 4 is 11.2 Å². The molecule has 0 amide bonds. The highest BCUT2D eigenvalue weighted by molar-refractivity contribution is 5.71. The minimum atomic E-state index is 0.603. The number of nitrogens with one attached hydrogen (secondary N) is 1. The molecule has 2 fully saturated rings. The van der Waals surface area contributed by atoms with Gasteiger partial charge in [0.05, 0.1) is 0 Å². The largest absolute Gasteiger partial charge is 0.317 e. The lowest BCUT2D eigenvalue weighted by molar-refractivity contribution is 0.411. The smallest absolute Gasteiger partial charge is 0.160 e. The summed E-state index contributed by atoms with van der Waals surface area (Å²) in [6.07, 6.45) is 9.60. The molecule has 0 bridgehead atoms. The number of pyridine rings is 1. The molecule has 106 valence electrons. The van der Waals surface area contributed by atoms with Gasteiger partial charge in [-0.2, -0.15) is 0 Å². The number of hydrogen-bond donors (Lipinski definition) is 1. The van der Waals surface area contributed by atoms with Gasteiger partial charge in [-0.3, -0.25) is 0 Å². The summed E-state index contributed by atoms with van der Waals surface area (Å²) in [5, 5.41) is 3.45. The Kier molecular flexibility index (Phi) is 3.19. The summed E-state index contributed by atoms with van der Waals surface area (Å²) in [6.45, 7) is 2.23. The van der Waals surface area contributed by atoms with Crippen LogP contribution in [0.1, 0.15) is 56.3 Å². The molecule has 1 saturated carbocycles. The predicted molar refractivity (Wildman–Crippen MR) is 79.9 cm³/mol. The maximum atomic E-state index is 4.95. The summed E-state index contributed by atoms with van der Waals surface area (Å²) >= 11 is 0. The molecule has 4 nitrogen and oxygen atoms in total. The fourth-order valence-electron chi connectivity index (χ4n) is 3.84. The van der Waals surface area contributed by atoms with E-state index in [0.29, 0.717) is 12.0 Å². The molecule has 0 unspecified atom stereocenters. The standard InChI is InChI=1S/C16H22N4/c1-2-5-13(4-1)20-15(12-7-10-17-11-8-12)19-14-6-3-9-18-16(14)20/h3,6,9,12-13,17H,1-2,4-5,7-8,10-11H2. The van der Waals surface area contributed by atoms with E-state index in [0.717, 1.165) is 24.3 Å². The van der Waals surface area contributed by atoms with Crippen molar-refractivity contribution in [1.82, 2.24) is 19.9 Å². The highest BCUT2D eigenvalue weighted by Crippen LogP contribution is 2.36. The number of hydrogen-bond acceptors (Lipinski definition) is 3. The quantitative estimate of drug-likeness (QED) is 0.912. The van der Waals surface area contributed by atoms with Crippen molar-refractivity contribution < 1.29 is 0 Å². The first-order valence-corrected chi connectivity index (χ1v) is 7.97. The Labute approximate surface area is 119 Å². The van der Waals surface area contributed by atoms with E-state index in [1.807, 2.05) is 12.3 Å². The van der Waals surface area contributed by atoms with E-state index in [-0.39, 0.29) is 0 Å². The summed E-state index contributed by atoms with van der Waals surface area (Å²) in [4.78, 5) is 9.58. The van der Waals surface area contributed by atoms with E-state index in [1.54, 1.807) is 0 Å². The third-order valence-corrected chi connectivity index (χ3v) is 4.87. The summed E-state index contributed by atoms with van der Waals surface area (Å²) < 4.78 is 2.48. The molecule has 1 saturated heterocycles. The van der Waals surface area contributed by atoms with Crippen LogP contribution in [-0.4, -0.2) is 27.6 Å².